The molecule has 0 saturated heterocycles. The van der Waals surface area contributed by atoms with E-state index in [2.05, 4.69) is 36.5 Å². The maximum Gasteiger partial charge on any atom is 0.234 e. The van der Waals surface area contributed by atoms with E-state index in [0.717, 1.165) is 10.0 Å². The van der Waals surface area contributed by atoms with Crippen molar-refractivity contribution in [2.24, 2.45) is 0 Å². The second-order valence-electron chi connectivity index (χ2n) is 5.60. The van der Waals surface area contributed by atoms with E-state index in [-0.39, 0.29) is 11.3 Å². The predicted molar refractivity (Wildman–Crippen MR) is 91.6 cm³/mol. The monoisotopic (exact) mass is 340 g/mol. The first-order valence-electron chi connectivity index (χ1n) is 6.49. The van der Waals surface area contributed by atoms with Crippen molar-refractivity contribution in [1.29, 1.82) is 0 Å². The lowest BCUT2D eigenvalue weighted by Gasteiger charge is -2.14. The fourth-order valence-electron chi connectivity index (χ4n) is 1.56. The standard InChI is InChI=1S/C15H17ClN2OS2/c1-15(2,3)12-8-20-14(18-12)21-9-13(19)17-11-6-4-5-10(16)7-11/h4-8H,9H2,1-3H3,(H,17,19). The van der Waals surface area contributed by atoms with Gasteiger partial charge in [0.25, 0.3) is 0 Å². The van der Waals surface area contributed by atoms with Crippen LogP contribution in [0.1, 0.15) is 26.5 Å². The summed E-state index contributed by atoms with van der Waals surface area (Å²) < 4.78 is 0.918. The lowest BCUT2D eigenvalue weighted by molar-refractivity contribution is -0.113. The van der Waals surface area contributed by atoms with Gasteiger partial charge in [0.15, 0.2) is 4.34 Å². The van der Waals surface area contributed by atoms with Crippen molar-refractivity contribution in [2.45, 2.75) is 30.5 Å². The summed E-state index contributed by atoms with van der Waals surface area (Å²) in [6, 6.07) is 7.12. The number of carbonyl (C=O) groups excluding carboxylic acids is 1. The molecular weight excluding hydrogens is 324 g/mol. The van der Waals surface area contributed by atoms with Gasteiger partial charge in [-0.05, 0) is 18.2 Å². The summed E-state index contributed by atoms with van der Waals surface area (Å²) in [5.74, 6) is 0.277. The molecule has 0 fully saturated rings. The van der Waals surface area contributed by atoms with Gasteiger partial charge in [-0.25, -0.2) is 4.98 Å². The Labute approximate surface area is 138 Å². The number of carbonyl (C=O) groups is 1. The molecule has 112 valence electrons. The summed E-state index contributed by atoms with van der Waals surface area (Å²) in [5.41, 5.74) is 1.81. The summed E-state index contributed by atoms with van der Waals surface area (Å²) in [4.78, 5) is 16.5. The van der Waals surface area contributed by atoms with Gasteiger partial charge in [-0.15, -0.1) is 11.3 Å². The minimum atomic E-state index is -0.0604. The van der Waals surface area contributed by atoms with Crippen LogP contribution in [-0.2, 0) is 10.2 Å². The zero-order valence-electron chi connectivity index (χ0n) is 12.1. The Morgan fingerprint density at radius 1 is 1.43 bits per heavy atom. The number of thiazole rings is 1. The van der Waals surface area contributed by atoms with Gasteiger partial charge in [0.05, 0.1) is 11.4 Å². The number of thioether (sulfide) groups is 1. The second-order valence-corrected chi connectivity index (χ2v) is 8.11. The number of nitrogens with one attached hydrogen (secondary N) is 1. The van der Waals surface area contributed by atoms with E-state index in [1.807, 2.05) is 12.1 Å². The van der Waals surface area contributed by atoms with Gasteiger partial charge in [-0.2, -0.15) is 0 Å². The fourth-order valence-corrected chi connectivity index (χ4v) is 3.60. The Hall–Kier alpha value is -1.04. The second kappa shape index (κ2) is 6.81. The van der Waals surface area contributed by atoms with Gasteiger partial charge in [0.1, 0.15) is 0 Å². The van der Waals surface area contributed by atoms with Crippen LogP contribution < -0.4 is 5.32 Å². The topological polar surface area (TPSA) is 42.0 Å². The number of rotatable bonds is 4. The average Bonchev–Trinajstić information content (AvgIpc) is 2.85. The highest BCUT2D eigenvalue weighted by Crippen LogP contribution is 2.29. The van der Waals surface area contributed by atoms with Crippen LogP contribution in [0.4, 0.5) is 5.69 Å². The molecule has 0 radical (unpaired) electrons. The van der Waals surface area contributed by atoms with Gasteiger partial charge in [0.2, 0.25) is 5.91 Å². The third kappa shape index (κ3) is 5.02. The minimum Gasteiger partial charge on any atom is -0.325 e. The first-order valence-corrected chi connectivity index (χ1v) is 8.73. The van der Waals surface area contributed by atoms with Gasteiger partial charge in [-0.1, -0.05) is 50.2 Å². The number of halogens is 1. The number of hydrogen-bond donors (Lipinski definition) is 1. The molecule has 1 amide bonds. The maximum atomic E-state index is 11.9. The summed E-state index contributed by atoms with van der Waals surface area (Å²) in [5, 5.41) is 5.48. The highest BCUT2D eigenvalue weighted by Gasteiger charge is 2.17. The molecule has 1 heterocycles. The van der Waals surface area contributed by atoms with Gasteiger partial charge >= 0.3 is 0 Å². The van der Waals surface area contributed by atoms with E-state index in [9.17, 15) is 4.79 Å². The third-order valence-corrected chi connectivity index (χ3v) is 4.94. The van der Waals surface area contributed by atoms with E-state index < -0.39 is 0 Å². The predicted octanol–water partition coefficient (Wildman–Crippen LogP) is 4.82. The number of hydrogen-bond acceptors (Lipinski definition) is 4. The SMILES string of the molecule is CC(C)(C)c1csc(SCC(=O)Nc2cccc(Cl)c2)n1. The first-order chi connectivity index (χ1) is 9.84. The number of aromatic nitrogens is 1. The van der Waals surface area contributed by atoms with Crippen molar-refractivity contribution in [2.75, 3.05) is 11.1 Å². The molecule has 2 aromatic rings. The molecule has 0 saturated carbocycles. The number of benzene rings is 1. The van der Waals surface area contributed by atoms with Crippen molar-refractivity contribution in [3.05, 3.63) is 40.4 Å². The van der Waals surface area contributed by atoms with Crippen LogP contribution in [0.2, 0.25) is 5.02 Å². The number of nitrogens with zero attached hydrogens (tertiary/aromatic N) is 1. The Morgan fingerprint density at radius 3 is 2.81 bits per heavy atom. The molecule has 2 rings (SSSR count). The van der Waals surface area contributed by atoms with E-state index in [1.54, 1.807) is 23.5 Å². The van der Waals surface area contributed by atoms with Crippen LogP contribution in [0.5, 0.6) is 0 Å². The van der Waals surface area contributed by atoms with E-state index in [0.29, 0.717) is 16.5 Å². The molecule has 0 aliphatic heterocycles. The van der Waals surface area contributed by atoms with E-state index in [1.165, 1.54) is 11.8 Å². The molecule has 1 aromatic carbocycles. The molecular formula is C15H17ClN2OS2. The molecule has 0 atom stereocenters. The largest absolute Gasteiger partial charge is 0.325 e. The fraction of sp³-hybridized carbons (Fsp3) is 0.333. The lowest BCUT2D eigenvalue weighted by Crippen LogP contribution is -2.14. The molecule has 0 aliphatic carbocycles. The highest BCUT2D eigenvalue weighted by molar-refractivity contribution is 8.01. The molecule has 0 spiro atoms. The Morgan fingerprint density at radius 2 is 2.19 bits per heavy atom. The molecule has 3 nitrogen and oxygen atoms in total. The quantitative estimate of drug-likeness (QED) is 0.811. The van der Waals surface area contributed by atoms with Crippen molar-refractivity contribution in [1.82, 2.24) is 4.98 Å². The molecule has 0 aliphatic rings. The normalized spacial score (nSPS) is 11.4. The van der Waals surface area contributed by atoms with Crippen molar-refractivity contribution in [3.63, 3.8) is 0 Å². The summed E-state index contributed by atoms with van der Waals surface area (Å²) >= 11 is 8.91. The Kier molecular flexibility index (Phi) is 5.30. The number of amides is 1. The molecule has 0 unspecified atom stereocenters. The van der Waals surface area contributed by atoms with Gasteiger partial charge in [0, 0.05) is 21.5 Å². The summed E-state index contributed by atoms with van der Waals surface area (Å²) in [7, 11) is 0. The van der Waals surface area contributed by atoms with Crippen molar-refractivity contribution >= 4 is 46.3 Å². The zero-order chi connectivity index (χ0) is 15.5. The van der Waals surface area contributed by atoms with Crippen LogP contribution >= 0.6 is 34.7 Å². The highest BCUT2D eigenvalue weighted by atomic mass is 35.5. The molecule has 0 bridgehead atoms. The average molecular weight is 341 g/mol. The van der Waals surface area contributed by atoms with Crippen LogP contribution in [0.15, 0.2) is 34.0 Å². The number of anilines is 1. The van der Waals surface area contributed by atoms with Crippen LogP contribution in [-0.4, -0.2) is 16.6 Å². The smallest absolute Gasteiger partial charge is 0.234 e. The minimum absolute atomic E-state index is 0.0400. The van der Waals surface area contributed by atoms with Gasteiger partial charge < -0.3 is 5.32 Å². The maximum absolute atomic E-state index is 11.9. The van der Waals surface area contributed by atoms with Crippen LogP contribution in [0.25, 0.3) is 0 Å². The van der Waals surface area contributed by atoms with Gasteiger partial charge in [-0.3, -0.25) is 4.79 Å². The van der Waals surface area contributed by atoms with Crippen molar-refractivity contribution < 1.29 is 4.79 Å². The van der Waals surface area contributed by atoms with Crippen LogP contribution in [0.3, 0.4) is 0 Å². The molecule has 1 aromatic heterocycles. The zero-order valence-corrected chi connectivity index (χ0v) is 14.5. The lowest BCUT2D eigenvalue weighted by atomic mass is 9.93. The summed E-state index contributed by atoms with van der Waals surface area (Å²) in [6.07, 6.45) is 0. The summed E-state index contributed by atoms with van der Waals surface area (Å²) in [6.45, 7) is 6.38. The van der Waals surface area contributed by atoms with Crippen molar-refractivity contribution in [3.8, 4) is 0 Å². The van der Waals surface area contributed by atoms with Crippen LogP contribution in [0, 0.1) is 0 Å². The molecule has 21 heavy (non-hydrogen) atoms. The van der Waals surface area contributed by atoms with E-state index in [4.69, 9.17) is 11.6 Å². The third-order valence-electron chi connectivity index (χ3n) is 2.69. The Balaban J connectivity index is 1.88. The molecule has 1 N–H and O–H groups in total. The Bertz CT molecular complexity index is 635. The first kappa shape index (κ1) is 16.3. The molecule has 6 heteroatoms. The van der Waals surface area contributed by atoms with E-state index >= 15 is 0 Å².